The van der Waals surface area contributed by atoms with E-state index in [1.807, 2.05) is 17.0 Å². The SMILES string of the molecule is COc1ccc(N2CCN(c3ncnc(NC45CC6CC(CC(C6)C4)C5)c3[N+](=O)[O-])CC2)cc1. The molecule has 0 radical (unpaired) electrons. The second-order valence-corrected chi connectivity index (χ2v) is 10.6. The highest BCUT2D eigenvalue weighted by molar-refractivity contribution is 5.71. The molecule has 0 amide bonds. The summed E-state index contributed by atoms with van der Waals surface area (Å²) in [6.07, 6.45) is 8.80. The number of nitrogens with one attached hydrogen (secondary N) is 1. The molecule has 0 spiro atoms. The third-order valence-electron chi connectivity index (χ3n) is 8.42. The van der Waals surface area contributed by atoms with Crippen molar-refractivity contribution in [3.63, 3.8) is 0 Å². The number of aromatic nitrogens is 2. The van der Waals surface area contributed by atoms with Gasteiger partial charge in [0.1, 0.15) is 12.1 Å². The van der Waals surface area contributed by atoms with Crippen LogP contribution in [0.5, 0.6) is 5.75 Å². The Morgan fingerprint density at radius 1 is 0.971 bits per heavy atom. The van der Waals surface area contributed by atoms with Crippen LogP contribution in [0.25, 0.3) is 0 Å². The second kappa shape index (κ2) is 8.29. The molecule has 2 aromatic rings. The van der Waals surface area contributed by atoms with Crippen LogP contribution in [0.1, 0.15) is 38.5 Å². The van der Waals surface area contributed by atoms with E-state index in [-0.39, 0.29) is 16.1 Å². The topological polar surface area (TPSA) is 96.7 Å². The first kappa shape index (κ1) is 21.4. The van der Waals surface area contributed by atoms with Gasteiger partial charge in [0.05, 0.1) is 12.0 Å². The zero-order valence-corrected chi connectivity index (χ0v) is 19.7. The minimum Gasteiger partial charge on any atom is -0.497 e. The Bertz CT molecular complexity index is 1030. The minimum atomic E-state index is -0.298. The van der Waals surface area contributed by atoms with E-state index in [9.17, 15) is 10.1 Å². The molecule has 180 valence electrons. The summed E-state index contributed by atoms with van der Waals surface area (Å²) in [4.78, 5) is 25.1. The van der Waals surface area contributed by atoms with Gasteiger partial charge in [0.25, 0.3) is 0 Å². The number of hydrogen-bond donors (Lipinski definition) is 1. The highest BCUT2D eigenvalue weighted by atomic mass is 16.6. The highest BCUT2D eigenvalue weighted by Gasteiger charge is 2.51. The minimum absolute atomic E-state index is 0.0242. The van der Waals surface area contributed by atoms with E-state index >= 15 is 0 Å². The van der Waals surface area contributed by atoms with Crippen molar-refractivity contribution in [2.75, 3.05) is 48.4 Å². The second-order valence-electron chi connectivity index (χ2n) is 10.6. The number of benzene rings is 1. The average molecular weight is 465 g/mol. The van der Waals surface area contributed by atoms with Crippen LogP contribution in [0.15, 0.2) is 30.6 Å². The molecule has 5 fully saturated rings. The van der Waals surface area contributed by atoms with Gasteiger partial charge < -0.3 is 19.9 Å². The van der Waals surface area contributed by atoms with Crippen molar-refractivity contribution in [1.29, 1.82) is 0 Å². The summed E-state index contributed by atoms with van der Waals surface area (Å²) in [5.41, 5.74) is 1.11. The molecule has 9 heteroatoms. The molecular weight excluding hydrogens is 432 g/mol. The third-order valence-corrected chi connectivity index (χ3v) is 8.42. The Morgan fingerprint density at radius 3 is 2.12 bits per heavy atom. The first-order valence-corrected chi connectivity index (χ1v) is 12.4. The van der Waals surface area contributed by atoms with E-state index in [0.717, 1.165) is 61.5 Å². The molecule has 2 heterocycles. The van der Waals surface area contributed by atoms with Crippen LogP contribution in [0, 0.1) is 27.9 Å². The summed E-state index contributed by atoms with van der Waals surface area (Å²) in [7, 11) is 1.66. The smallest absolute Gasteiger partial charge is 0.353 e. The number of hydrogen-bond acceptors (Lipinski definition) is 8. The molecule has 34 heavy (non-hydrogen) atoms. The highest BCUT2D eigenvalue weighted by Crippen LogP contribution is 2.57. The van der Waals surface area contributed by atoms with Crippen molar-refractivity contribution < 1.29 is 9.66 Å². The van der Waals surface area contributed by atoms with E-state index in [0.29, 0.717) is 24.7 Å². The summed E-state index contributed by atoms with van der Waals surface area (Å²) < 4.78 is 5.25. The van der Waals surface area contributed by atoms with E-state index in [1.165, 1.54) is 25.6 Å². The van der Waals surface area contributed by atoms with Gasteiger partial charge in [-0.3, -0.25) is 10.1 Å². The monoisotopic (exact) mass is 464 g/mol. The fraction of sp³-hybridized carbons (Fsp3) is 0.600. The number of nitro groups is 1. The van der Waals surface area contributed by atoms with Gasteiger partial charge in [0.2, 0.25) is 11.6 Å². The molecule has 1 aromatic carbocycles. The molecule has 1 saturated heterocycles. The number of methoxy groups -OCH3 is 1. The van der Waals surface area contributed by atoms with E-state index in [4.69, 9.17) is 4.74 Å². The molecule has 5 aliphatic rings. The number of nitrogens with zero attached hydrogens (tertiary/aromatic N) is 5. The maximum Gasteiger partial charge on any atom is 0.353 e. The lowest BCUT2D eigenvalue weighted by atomic mass is 9.53. The number of piperazine rings is 1. The predicted octanol–water partition coefficient (Wildman–Crippen LogP) is 4.10. The van der Waals surface area contributed by atoms with Crippen LogP contribution in [0.2, 0.25) is 0 Å². The lowest BCUT2D eigenvalue weighted by Gasteiger charge is -2.57. The van der Waals surface area contributed by atoms with Gasteiger partial charge in [-0.1, -0.05) is 0 Å². The molecular formula is C25H32N6O3. The van der Waals surface area contributed by atoms with Crippen molar-refractivity contribution in [3.8, 4) is 5.75 Å². The van der Waals surface area contributed by atoms with Crippen LogP contribution >= 0.6 is 0 Å². The van der Waals surface area contributed by atoms with Crippen molar-refractivity contribution in [2.45, 2.75) is 44.1 Å². The Hall–Kier alpha value is -3.10. The summed E-state index contributed by atoms with van der Waals surface area (Å²) in [6, 6.07) is 8.02. The standard InChI is InChI=1S/C25H32N6O3/c1-34-21-4-2-20(3-5-21)29-6-8-30(9-7-29)24-22(31(32)33)23(26-16-27-24)28-25-13-17-10-18(14-25)12-19(11-17)15-25/h2-5,16-19H,6-15H2,1H3,(H,26,27,28). The average Bonchev–Trinajstić information content (AvgIpc) is 2.83. The van der Waals surface area contributed by atoms with Gasteiger partial charge in [0, 0.05) is 37.4 Å². The van der Waals surface area contributed by atoms with E-state index in [2.05, 4.69) is 32.3 Å². The lowest BCUT2D eigenvalue weighted by molar-refractivity contribution is -0.383. The third kappa shape index (κ3) is 3.80. The molecule has 0 unspecified atom stereocenters. The summed E-state index contributed by atoms with van der Waals surface area (Å²) in [5, 5.41) is 15.9. The molecule has 7 rings (SSSR count). The van der Waals surface area contributed by atoms with E-state index < -0.39 is 0 Å². The Morgan fingerprint density at radius 2 is 1.56 bits per heavy atom. The number of ether oxygens (including phenoxy) is 1. The van der Waals surface area contributed by atoms with Crippen molar-refractivity contribution in [2.24, 2.45) is 17.8 Å². The van der Waals surface area contributed by atoms with Crippen LogP contribution in [0.4, 0.5) is 23.0 Å². The fourth-order valence-electron chi connectivity index (χ4n) is 7.34. The van der Waals surface area contributed by atoms with Crippen LogP contribution in [-0.2, 0) is 0 Å². The Labute approximate surface area is 199 Å². The summed E-state index contributed by atoms with van der Waals surface area (Å²) in [5.74, 6) is 3.93. The largest absolute Gasteiger partial charge is 0.497 e. The first-order chi connectivity index (χ1) is 16.5. The molecule has 1 aromatic heterocycles. The summed E-state index contributed by atoms with van der Waals surface area (Å²) in [6.45, 7) is 2.87. The van der Waals surface area contributed by atoms with Crippen LogP contribution in [-0.4, -0.2) is 53.7 Å². The van der Waals surface area contributed by atoms with Gasteiger partial charge in [-0.25, -0.2) is 9.97 Å². The van der Waals surface area contributed by atoms with Crippen molar-refractivity contribution in [1.82, 2.24) is 9.97 Å². The first-order valence-electron chi connectivity index (χ1n) is 12.4. The maximum atomic E-state index is 12.3. The number of anilines is 3. The zero-order chi connectivity index (χ0) is 23.3. The van der Waals surface area contributed by atoms with Gasteiger partial charge in [-0.2, -0.15) is 0 Å². The van der Waals surface area contributed by atoms with Crippen molar-refractivity contribution >= 4 is 23.0 Å². The lowest BCUT2D eigenvalue weighted by Crippen LogP contribution is -2.55. The molecule has 4 saturated carbocycles. The Balaban J connectivity index is 1.21. The van der Waals surface area contributed by atoms with Crippen LogP contribution in [0.3, 0.4) is 0 Å². The molecule has 1 N–H and O–H groups in total. The molecule has 1 aliphatic heterocycles. The zero-order valence-electron chi connectivity index (χ0n) is 19.7. The van der Waals surface area contributed by atoms with Gasteiger partial charge in [-0.05, 0) is 80.5 Å². The normalized spacial score (nSPS) is 29.9. The maximum absolute atomic E-state index is 12.3. The summed E-state index contributed by atoms with van der Waals surface area (Å²) >= 11 is 0. The molecule has 4 aliphatic carbocycles. The van der Waals surface area contributed by atoms with Crippen molar-refractivity contribution in [3.05, 3.63) is 40.7 Å². The van der Waals surface area contributed by atoms with Crippen LogP contribution < -0.4 is 19.9 Å². The Kier molecular flexibility index (Phi) is 5.22. The van der Waals surface area contributed by atoms with Gasteiger partial charge in [-0.15, -0.1) is 0 Å². The number of rotatable bonds is 6. The molecule has 9 nitrogen and oxygen atoms in total. The quantitative estimate of drug-likeness (QED) is 0.504. The van der Waals surface area contributed by atoms with Gasteiger partial charge in [0.15, 0.2) is 0 Å². The van der Waals surface area contributed by atoms with Gasteiger partial charge >= 0.3 is 5.69 Å². The molecule has 0 atom stereocenters. The van der Waals surface area contributed by atoms with E-state index in [1.54, 1.807) is 7.11 Å². The fourth-order valence-corrected chi connectivity index (χ4v) is 7.34. The molecule has 4 bridgehead atoms. The predicted molar refractivity (Wildman–Crippen MR) is 131 cm³/mol.